The van der Waals surface area contributed by atoms with Crippen LogP contribution in [0.2, 0.25) is 0 Å². The van der Waals surface area contributed by atoms with Crippen LogP contribution in [0.5, 0.6) is 0 Å². The molecule has 0 aliphatic heterocycles. The molecule has 0 amide bonds. The van der Waals surface area contributed by atoms with Crippen molar-refractivity contribution < 1.29 is 13.5 Å². The van der Waals surface area contributed by atoms with E-state index in [1.165, 1.54) is 4.31 Å². The minimum absolute atomic E-state index is 0.173. The number of hydrogen-bond donors (Lipinski definition) is 1. The van der Waals surface area contributed by atoms with Crippen LogP contribution < -0.4 is 0 Å². The molecule has 0 radical (unpaired) electrons. The molecule has 1 saturated carbocycles. The third-order valence-electron chi connectivity index (χ3n) is 3.44. The Bertz CT molecular complexity index is 582. The van der Waals surface area contributed by atoms with E-state index in [0.29, 0.717) is 28.1 Å². The van der Waals surface area contributed by atoms with Gasteiger partial charge in [-0.05, 0) is 48.9 Å². The Labute approximate surface area is 122 Å². The zero-order valence-electron chi connectivity index (χ0n) is 11.1. The molecular weight excluding hydrogens is 330 g/mol. The van der Waals surface area contributed by atoms with Crippen molar-refractivity contribution in [2.45, 2.75) is 31.3 Å². The summed E-state index contributed by atoms with van der Waals surface area (Å²) in [5, 5.41) is 9.21. The first kappa shape index (κ1) is 15.0. The van der Waals surface area contributed by atoms with Crippen LogP contribution in [0.25, 0.3) is 0 Å². The predicted octanol–water partition coefficient (Wildman–Crippen LogP) is 2.28. The van der Waals surface area contributed by atoms with Crippen LogP contribution in [0, 0.1) is 12.8 Å². The molecule has 0 saturated heterocycles. The van der Waals surface area contributed by atoms with Crippen molar-refractivity contribution in [1.29, 1.82) is 0 Å². The molecule has 0 unspecified atom stereocenters. The molecule has 0 atom stereocenters. The molecule has 1 N–H and O–H groups in total. The Hall–Kier alpha value is -0.430. The van der Waals surface area contributed by atoms with Crippen molar-refractivity contribution in [3.8, 4) is 0 Å². The van der Waals surface area contributed by atoms with Crippen molar-refractivity contribution in [3.05, 3.63) is 27.7 Å². The summed E-state index contributed by atoms with van der Waals surface area (Å²) < 4.78 is 27.2. The summed E-state index contributed by atoms with van der Waals surface area (Å²) in [4.78, 5) is 0.272. The van der Waals surface area contributed by atoms with Gasteiger partial charge in [-0.25, -0.2) is 12.7 Å². The van der Waals surface area contributed by atoms with E-state index in [-0.39, 0.29) is 11.5 Å². The average Bonchev–Trinajstić information content (AvgIpc) is 3.15. The van der Waals surface area contributed by atoms with Crippen LogP contribution >= 0.6 is 15.9 Å². The molecule has 1 aromatic rings. The fourth-order valence-corrected chi connectivity index (χ4v) is 4.18. The van der Waals surface area contributed by atoms with Gasteiger partial charge in [0.2, 0.25) is 10.0 Å². The molecule has 1 aliphatic rings. The lowest BCUT2D eigenvalue weighted by atomic mass is 10.2. The number of aliphatic hydroxyl groups excluding tert-OH is 1. The third kappa shape index (κ3) is 3.18. The van der Waals surface area contributed by atoms with Crippen LogP contribution in [0.4, 0.5) is 0 Å². The van der Waals surface area contributed by atoms with E-state index >= 15 is 0 Å². The molecule has 0 spiro atoms. The van der Waals surface area contributed by atoms with Gasteiger partial charge in [0.25, 0.3) is 0 Å². The second-order valence-corrected chi connectivity index (χ2v) is 7.96. The largest absolute Gasteiger partial charge is 0.392 e. The van der Waals surface area contributed by atoms with E-state index in [1.807, 2.05) is 0 Å². The molecule has 106 valence electrons. The average molecular weight is 348 g/mol. The Kier molecular flexibility index (Phi) is 4.35. The quantitative estimate of drug-likeness (QED) is 0.888. The lowest BCUT2D eigenvalue weighted by molar-refractivity contribution is 0.281. The summed E-state index contributed by atoms with van der Waals surface area (Å²) >= 11 is 3.35. The molecule has 2 rings (SSSR count). The Morgan fingerprint density at radius 1 is 1.42 bits per heavy atom. The van der Waals surface area contributed by atoms with Crippen molar-refractivity contribution >= 4 is 26.0 Å². The maximum Gasteiger partial charge on any atom is 0.243 e. The van der Waals surface area contributed by atoms with Gasteiger partial charge in [0.1, 0.15) is 0 Å². The summed E-state index contributed by atoms with van der Waals surface area (Å²) in [6.45, 7) is 2.17. The Morgan fingerprint density at radius 2 is 2.05 bits per heavy atom. The van der Waals surface area contributed by atoms with Crippen LogP contribution in [-0.2, 0) is 16.6 Å². The van der Waals surface area contributed by atoms with Crippen LogP contribution in [0.1, 0.15) is 24.0 Å². The Balaban J connectivity index is 2.40. The summed E-state index contributed by atoms with van der Waals surface area (Å²) in [5.41, 5.74) is 1.27. The molecule has 1 aromatic carbocycles. The summed E-state index contributed by atoms with van der Waals surface area (Å²) in [7, 11) is -1.87. The van der Waals surface area contributed by atoms with E-state index in [0.717, 1.165) is 12.8 Å². The zero-order valence-corrected chi connectivity index (χ0v) is 13.5. The minimum Gasteiger partial charge on any atom is -0.392 e. The molecule has 0 heterocycles. The van der Waals surface area contributed by atoms with E-state index in [1.54, 1.807) is 26.1 Å². The highest BCUT2D eigenvalue weighted by atomic mass is 79.9. The van der Waals surface area contributed by atoms with Gasteiger partial charge in [-0.15, -0.1) is 0 Å². The summed E-state index contributed by atoms with van der Waals surface area (Å²) in [6, 6.07) is 3.30. The number of aliphatic hydroxyl groups is 1. The number of nitrogens with zero attached hydrogens (tertiary/aromatic N) is 1. The monoisotopic (exact) mass is 347 g/mol. The second-order valence-electron chi connectivity index (χ2n) is 5.09. The van der Waals surface area contributed by atoms with Gasteiger partial charge in [0.05, 0.1) is 11.5 Å². The number of rotatable bonds is 5. The van der Waals surface area contributed by atoms with Gasteiger partial charge in [-0.2, -0.15) is 0 Å². The number of hydrogen-bond acceptors (Lipinski definition) is 3. The first-order chi connectivity index (χ1) is 8.86. The number of halogens is 1. The molecule has 19 heavy (non-hydrogen) atoms. The predicted molar refractivity (Wildman–Crippen MR) is 77.3 cm³/mol. The standard InChI is InChI=1S/C13H18BrNO3S/c1-9-12(14)5-11(8-16)6-13(9)19(17,18)15(2)7-10-3-4-10/h5-6,10,16H,3-4,7-8H2,1-2H3. The lowest BCUT2D eigenvalue weighted by Gasteiger charge is -2.19. The molecule has 0 bridgehead atoms. The topological polar surface area (TPSA) is 57.6 Å². The zero-order chi connectivity index (χ0) is 14.2. The van der Waals surface area contributed by atoms with Gasteiger partial charge < -0.3 is 5.11 Å². The van der Waals surface area contributed by atoms with Crippen molar-refractivity contribution in [3.63, 3.8) is 0 Å². The maximum absolute atomic E-state index is 12.6. The molecule has 1 fully saturated rings. The lowest BCUT2D eigenvalue weighted by Crippen LogP contribution is -2.29. The fourth-order valence-electron chi connectivity index (χ4n) is 2.00. The van der Waals surface area contributed by atoms with Gasteiger partial charge in [0.15, 0.2) is 0 Å². The molecule has 4 nitrogen and oxygen atoms in total. The van der Waals surface area contributed by atoms with Crippen LogP contribution in [0.15, 0.2) is 21.5 Å². The minimum atomic E-state index is -3.49. The van der Waals surface area contributed by atoms with E-state index < -0.39 is 10.0 Å². The van der Waals surface area contributed by atoms with Crippen LogP contribution in [0.3, 0.4) is 0 Å². The van der Waals surface area contributed by atoms with Gasteiger partial charge in [-0.3, -0.25) is 0 Å². The molecule has 1 aliphatic carbocycles. The summed E-state index contributed by atoms with van der Waals surface area (Å²) in [6.07, 6.45) is 2.22. The van der Waals surface area contributed by atoms with E-state index in [9.17, 15) is 13.5 Å². The highest BCUT2D eigenvalue weighted by Gasteiger charge is 2.30. The normalized spacial score (nSPS) is 16.1. The van der Waals surface area contributed by atoms with Crippen molar-refractivity contribution in [2.75, 3.05) is 13.6 Å². The smallest absolute Gasteiger partial charge is 0.243 e. The first-order valence-corrected chi connectivity index (χ1v) is 8.45. The van der Waals surface area contributed by atoms with Crippen molar-refractivity contribution in [1.82, 2.24) is 4.31 Å². The fraction of sp³-hybridized carbons (Fsp3) is 0.538. The van der Waals surface area contributed by atoms with Gasteiger partial charge in [0, 0.05) is 18.1 Å². The highest BCUT2D eigenvalue weighted by Crippen LogP contribution is 2.32. The number of sulfonamides is 1. The SMILES string of the molecule is Cc1c(Br)cc(CO)cc1S(=O)(=O)N(C)CC1CC1. The maximum atomic E-state index is 12.6. The van der Waals surface area contributed by atoms with E-state index in [2.05, 4.69) is 15.9 Å². The van der Waals surface area contributed by atoms with Crippen molar-refractivity contribution in [2.24, 2.45) is 5.92 Å². The Morgan fingerprint density at radius 3 is 2.58 bits per heavy atom. The molecular formula is C13H18BrNO3S. The third-order valence-corrected chi connectivity index (χ3v) is 6.21. The van der Waals surface area contributed by atoms with E-state index in [4.69, 9.17) is 0 Å². The number of benzene rings is 1. The molecule has 0 aromatic heterocycles. The second kappa shape index (κ2) is 5.52. The van der Waals surface area contributed by atoms with Gasteiger partial charge in [-0.1, -0.05) is 15.9 Å². The van der Waals surface area contributed by atoms with Gasteiger partial charge >= 0.3 is 0 Å². The van der Waals surface area contributed by atoms with Crippen LogP contribution in [-0.4, -0.2) is 31.4 Å². The summed E-state index contributed by atoms with van der Waals surface area (Å²) in [5.74, 6) is 0.504. The highest BCUT2D eigenvalue weighted by molar-refractivity contribution is 9.10. The molecule has 6 heteroatoms. The first-order valence-electron chi connectivity index (χ1n) is 6.22.